The number of carbonyl (C=O) groups excluding carboxylic acids is 2. The van der Waals surface area contributed by atoms with Crippen LogP contribution in [-0.4, -0.2) is 32.0 Å². The average molecular weight is 274 g/mol. The molecular weight excluding hydrogens is 264 g/mol. The van der Waals surface area contributed by atoms with E-state index in [0.717, 1.165) is 28.4 Å². The summed E-state index contributed by atoms with van der Waals surface area (Å²) in [5.74, 6) is -0.538. The van der Waals surface area contributed by atoms with E-state index in [0.29, 0.717) is 5.70 Å². The zero-order valence-electron chi connectivity index (χ0n) is 10.1. The number of nitrogens with one attached hydrogen (secondary N) is 1. The Morgan fingerprint density at radius 3 is 2.89 bits per heavy atom. The summed E-state index contributed by atoms with van der Waals surface area (Å²) in [6, 6.07) is 5.59. The van der Waals surface area contributed by atoms with Gasteiger partial charge in [-0.15, -0.1) is 0 Å². The summed E-state index contributed by atoms with van der Waals surface area (Å²) in [5, 5.41) is 3.12. The summed E-state index contributed by atoms with van der Waals surface area (Å²) in [6.07, 6.45) is 1.44. The van der Waals surface area contributed by atoms with Gasteiger partial charge in [-0.05, 0) is 18.2 Å². The van der Waals surface area contributed by atoms with Crippen LogP contribution < -0.4 is 5.32 Å². The third-order valence-corrected chi connectivity index (χ3v) is 3.39. The highest BCUT2D eigenvalue weighted by atomic mass is 32.1. The van der Waals surface area contributed by atoms with Gasteiger partial charge in [0.05, 0.1) is 18.3 Å². The third kappa shape index (κ3) is 2.19. The fourth-order valence-electron chi connectivity index (χ4n) is 1.91. The lowest BCUT2D eigenvalue weighted by atomic mass is 10.2. The van der Waals surface area contributed by atoms with Crippen molar-refractivity contribution in [2.24, 2.45) is 0 Å². The van der Waals surface area contributed by atoms with Gasteiger partial charge in [0.1, 0.15) is 11.0 Å². The minimum Gasteiger partial charge on any atom is -0.357 e. The van der Waals surface area contributed by atoms with Crippen LogP contribution in [-0.2, 0) is 9.59 Å². The molecule has 6 nitrogen and oxygen atoms in total. The standard InChI is InChI=1S/C12H10N4O2S/c1-7(17)16-6-9(5-12(16)18)13-8-2-3-10-11(4-8)15-19-14-10/h2-5,13H,6H2,1H3. The molecule has 1 aromatic heterocycles. The van der Waals surface area contributed by atoms with E-state index >= 15 is 0 Å². The van der Waals surface area contributed by atoms with Gasteiger partial charge >= 0.3 is 0 Å². The highest BCUT2D eigenvalue weighted by Gasteiger charge is 2.24. The molecule has 1 aromatic carbocycles. The maximum Gasteiger partial charge on any atom is 0.255 e. The van der Waals surface area contributed by atoms with Crippen LogP contribution in [0.2, 0.25) is 0 Å². The summed E-state index contributed by atoms with van der Waals surface area (Å²) in [4.78, 5) is 24.0. The molecule has 2 aromatic rings. The van der Waals surface area contributed by atoms with Gasteiger partial charge in [0.25, 0.3) is 5.91 Å². The minimum absolute atomic E-state index is 0.253. The van der Waals surface area contributed by atoms with Crippen LogP contribution in [0.5, 0.6) is 0 Å². The van der Waals surface area contributed by atoms with Crippen LogP contribution in [0, 0.1) is 0 Å². The van der Waals surface area contributed by atoms with Gasteiger partial charge in [-0.25, -0.2) is 0 Å². The highest BCUT2D eigenvalue weighted by Crippen LogP contribution is 2.20. The van der Waals surface area contributed by atoms with E-state index in [9.17, 15) is 9.59 Å². The molecule has 0 fully saturated rings. The lowest BCUT2D eigenvalue weighted by molar-refractivity contribution is -0.138. The predicted octanol–water partition coefficient (Wildman–Crippen LogP) is 1.38. The van der Waals surface area contributed by atoms with Crippen LogP contribution >= 0.6 is 11.7 Å². The number of hydrogen-bond donors (Lipinski definition) is 1. The monoisotopic (exact) mass is 274 g/mol. The number of amides is 2. The fourth-order valence-corrected chi connectivity index (χ4v) is 2.43. The molecule has 1 N–H and O–H groups in total. The van der Waals surface area contributed by atoms with Crippen LogP contribution in [0.4, 0.5) is 5.69 Å². The Hall–Kier alpha value is -2.28. The summed E-state index contributed by atoms with van der Waals surface area (Å²) in [5.41, 5.74) is 3.17. The number of fused-ring (bicyclic) bond motifs is 1. The largest absolute Gasteiger partial charge is 0.357 e. The van der Waals surface area contributed by atoms with Crippen molar-refractivity contribution in [3.63, 3.8) is 0 Å². The zero-order valence-corrected chi connectivity index (χ0v) is 10.9. The second-order valence-corrected chi connectivity index (χ2v) is 4.73. The fraction of sp³-hybridized carbons (Fsp3) is 0.167. The molecule has 1 aliphatic rings. The second kappa shape index (κ2) is 4.43. The Balaban J connectivity index is 1.80. The molecule has 96 valence electrons. The van der Waals surface area contributed by atoms with Crippen molar-refractivity contribution in [3.05, 3.63) is 30.0 Å². The van der Waals surface area contributed by atoms with Crippen molar-refractivity contribution in [2.45, 2.75) is 6.92 Å². The molecule has 1 aliphatic heterocycles. The van der Waals surface area contributed by atoms with E-state index < -0.39 is 0 Å². The van der Waals surface area contributed by atoms with Gasteiger partial charge in [-0.1, -0.05) is 0 Å². The lowest BCUT2D eigenvalue weighted by Gasteiger charge is -2.12. The van der Waals surface area contributed by atoms with E-state index in [4.69, 9.17) is 0 Å². The van der Waals surface area contributed by atoms with Gasteiger partial charge in [-0.3, -0.25) is 14.5 Å². The maximum absolute atomic E-state index is 11.6. The summed E-state index contributed by atoms with van der Waals surface area (Å²) in [7, 11) is 0. The SMILES string of the molecule is CC(=O)N1CC(Nc2ccc3nsnc3c2)=CC1=O. The zero-order chi connectivity index (χ0) is 13.4. The number of imide groups is 1. The molecule has 7 heteroatoms. The smallest absolute Gasteiger partial charge is 0.255 e. The molecule has 19 heavy (non-hydrogen) atoms. The number of nitrogens with zero attached hydrogens (tertiary/aromatic N) is 3. The number of benzene rings is 1. The number of anilines is 1. The molecule has 3 rings (SSSR count). The van der Waals surface area contributed by atoms with Crippen LogP contribution in [0.3, 0.4) is 0 Å². The minimum atomic E-state index is -0.286. The quantitative estimate of drug-likeness (QED) is 0.895. The van der Waals surface area contributed by atoms with E-state index in [2.05, 4.69) is 14.1 Å². The first kappa shape index (κ1) is 11.8. The first-order valence-electron chi connectivity index (χ1n) is 5.65. The normalized spacial score (nSPS) is 14.9. The van der Waals surface area contributed by atoms with Crippen molar-refractivity contribution in [1.29, 1.82) is 0 Å². The molecule has 0 bridgehead atoms. The molecule has 0 aliphatic carbocycles. The Labute approximate surface area is 113 Å². The van der Waals surface area contributed by atoms with E-state index in [1.807, 2.05) is 18.2 Å². The van der Waals surface area contributed by atoms with Crippen LogP contribution in [0.25, 0.3) is 11.0 Å². The molecule has 2 heterocycles. The van der Waals surface area contributed by atoms with E-state index in [1.165, 1.54) is 17.9 Å². The average Bonchev–Trinajstić information content (AvgIpc) is 2.95. The molecule has 0 unspecified atom stereocenters. The molecule has 2 amide bonds. The van der Waals surface area contributed by atoms with Gasteiger partial charge in [-0.2, -0.15) is 8.75 Å². The summed E-state index contributed by atoms with van der Waals surface area (Å²) in [6.45, 7) is 1.66. The van der Waals surface area contributed by atoms with Crippen molar-refractivity contribution < 1.29 is 9.59 Å². The van der Waals surface area contributed by atoms with Crippen molar-refractivity contribution in [2.75, 3.05) is 11.9 Å². The molecule has 0 saturated carbocycles. The molecule has 0 spiro atoms. The Morgan fingerprint density at radius 2 is 2.16 bits per heavy atom. The first-order chi connectivity index (χ1) is 9.13. The number of aromatic nitrogens is 2. The molecule has 0 saturated heterocycles. The van der Waals surface area contributed by atoms with E-state index in [-0.39, 0.29) is 18.4 Å². The highest BCUT2D eigenvalue weighted by molar-refractivity contribution is 7.00. The number of rotatable bonds is 2. The molecule has 0 radical (unpaired) electrons. The van der Waals surface area contributed by atoms with Gasteiger partial charge < -0.3 is 5.32 Å². The van der Waals surface area contributed by atoms with Crippen LogP contribution in [0.1, 0.15) is 6.92 Å². The Kier molecular flexibility index (Phi) is 2.75. The number of hydrogen-bond acceptors (Lipinski definition) is 6. The van der Waals surface area contributed by atoms with Gasteiger partial charge in [0.15, 0.2) is 0 Å². The topological polar surface area (TPSA) is 75.2 Å². The first-order valence-corrected chi connectivity index (χ1v) is 6.38. The number of carbonyl (C=O) groups is 2. The van der Waals surface area contributed by atoms with Crippen molar-refractivity contribution >= 4 is 40.3 Å². The second-order valence-electron chi connectivity index (χ2n) is 4.21. The third-order valence-electron chi connectivity index (χ3n) is 2.83. The van der Waals surface area contributed by atoms with Gasteiger partial charge in [0, 0.05) is 24.4 Å². The Morgan fingerprint density at radius 1 is 1.37 bits per heavy atom. The molecular formula is C12H10N4O2S. The summed E-state index contributed by atoms with van der Waals surface area (Å²) >= 11 is 1.16. The predicted molar refractivity (Wildman–Crippen MR) is 71.5 cm³/mol. The molecule has 0 atom stereocenters. The maximum atomic E-state index is 11.6. The van der Waals surface area contributed by atoms with Crippen molar-refractivity contribution in [3.8, 4) is 0 Å². The van der Waals surface area contributed by atoms with Crippen molar-refractivity contribution in [1.82, 2.24) is 13.6 Å². The van der Waals surface area contributed by atoms with Crippen LogP contribution in [0.15, 0.2) is 30.0 Å². The van der Waals surface area contributed by atoms with Gasteiger partial charge in [0.2, 0.25) is 5.91 Å². The van der Waals surface area contributed by atoms with E-state index in [1.54, 1.807) is 0 Å². The lowest BCUT2D eigenvalue weighted by Crippen LogP contribution is -2.31. The summed E-state index contributed by atoms with van der Waals surface area (Å²) < 4.78 is 8.27. The Bertz CT molecular complexity index is 707.